The van der Waals surface area contributed by atoms with Gasteiger partial charge in [-0.15, -0.1) is 0 Å². The zero-order valence-electron chi connectivity index (χ0n) is 24.5. The van der Waals surface area contributed by atoms with Crippen molar-refractivity contribution in [2.75, 3.05) is 27.4 Å². The van der Waals surface area contributed by atoms with Gasteiger partial charge < -0.3 is 28.3 Å². The minimum atomic E-state index is 0.558. The third kappa shape index (κ3) is 6.82. The summed E-state index contributed by atoms with van der Waals surface area (Å²) < 4.78 is 31.7. The molecule has 4 aromatic rings. The third-order valence-electron chi connectivity index (χ3n) is 6.76. The van der Waals surface area contributed by atoms with E-state index in [0.29, 0.717) is 36.2 Å². The Labute approximate surface area is 238 Å². The molecule has 0 N–H and O–H groups in total. The Hall–Kier alpha value is -3.87. The minimum absolute atomic E-state index is 0.558. The molecule has 0 radical (unpaired) electrons. The molecule has 7 nitrogen and oxygen atoms in total. The molecular formula is C33H42N2O5. The lowest BCUT2D eigenvalue weighted by Gasteiger charge is -2.14. The number of methoxy groups -OCH3 is 2. The second kappa shape index (κ2) is 14.5. The molecule has 0 bridgehead atoms. The van der Waals surface area contributed by atoms with Gasteiger partial charge in [0.25, 0.3) is 0 Å². The Morgan fingerprint density at radius 1 is 0.700 bits per heavy atom. The first kappa shape index (κ1) is 29.1. The average molecular weight is 547 g/mol. The fraction of sp³-hybridized carbons (Fsp3) is 0.424. The monoisotopic (exact) mass is 546 g/mol. The van der Waals surface area contributed by atoms with E-state index in [1.54, 1.807) is 14.2 Å². The van der Waals surface area contributed by atoms with Crippen LogP contribution >= 0.6 is 0 Å². The number of rotatable bonds is 16. The predicted octanol–water partition coefficient (Wildman–Crippen LogP) is 8.67. The van der Waals surface area contributed by atoms with E-state index in [2.05, 4.69) is 31.4 Å². The molecular weight excluding hydrogens is 504 g/mol. The second-order valence-electron chi connectivity index (χ2n) is 9.75. The van der Waals surface area contributed by atoms with Crippen LogP contribution in [-0.4, -0.2) is 37.0 Å². The first-order chi connectivity index (χ1) is 19.6. The maximum Gasteiger partial charge on any atom is 0.203 e. The Kier molecular flexibility index (Phi) is 10.6. The van der Waals surface area contributed by atoms with Crippen molar-refractivity contribution in [3.8, 4) is 45.9 Å². The minimum Gasteiger partial charge on any atom is -0.493 e. The van der Waals surface area contributed by atoms with Crippen LogP contribution in [0, 0.1) is 0 Å². The average Bonchev–Trinajstić information content (AvgIpc) is 3.35. The molecule has 0 amide bonds. The van der Waals surface area contributed by atoms with E-state index in [1.807, 2.05) is 48.5 Å². The number of fused-ring (bicyclic) bond motifs is 1. The standard InChI is InChI=1S/C33H42N2O5/c1-6-9-19-35-27-22-26(38-20-10-7-2)23-30(39-21-11-8-3)31(27)34-33(35)24-15-17-25(18-16-24)40-29-14-12-13-28(36-4)32(29)37-5/h12-18,22-23H,6-11,19-21H2,1-5H3. The number of hydrogen-bond acceptors (Lipinski definition) is 6. The van der Waals surface area contributed by atoms with E-state index in [1.165, 1.54) is 0 Å². The molecule has 0 saturated heterocycles. The first-order valence-corrected chi connectivity index (χ1v) is 14.4. The second-order valence-corrected chi connectivity index (χ2v) is 9.75. The molecule has 0 unspecified atom stereocenters. The fourth-order valence-electron chi connectivity index (χ4n) is 4.52. The fourth-order valence-corrected chi connectivity index (χ4v) is 4.52. The summed E-state index contributed by atoms with van der Waals surface area (Å²) in [6.45, 7) is 8.73. The van der Waals surface area contributed by atoms with Crippen LogP contribution in [0.4, 0.5) is 0 Å². The van der Waals surface area contributed by atoms with E-state index in [0.717, 1.165) is 79.0 Å². The lowest BCUT2D eigenvalue weighted by atomic mass is 10.2. The maximum atomic E-state index is 6.24. The van der Waals surface area contributed by atoms with Gasteiger partial charge in [0.15, 0.2) is 17.2 Å². The largest absolute Gasteiger partial charge is 0.493 e. The molecule has 0 spiro atoms. The molecule has 0 atom stereocenters. The summed E-state index contributed by atoms with van der Waals surface area (Å²) in [5, 5.41) is 0. The normalized spacial score (nSPS) is 11.0. The summed E-state index contributed by atoms with van der Waals surface area (Å²) >= 11 is 0. The highest BCUT2D eigenvalue weighted by molar-refractivity contribution is 5.87. The Morgan fingerprint density at radius 2 is 1.40 bits per heavy atom. The summed E-state index contributed by atoms with van der Waals surface area (Å²) in [7, 11) is 3.22. The number of ether oxygens (including phenoxy) is 5. The Bertz CT molecular complexity index is 1360. The number of aromatic nitrogens is 2. The van der Waals surface area contributed by atoms with Crippen molar-refractivity contribution < 1.29 is 23.7 Å². The van der Waals surface area contributed by atoms with Gasteiger partial charge in [-0.05, 0) is 55.7 Å². The van der Waals surface area contributed by atoms with E-state index >= 15 is 0 Å². The lowest BCUT2D eigenvalue weighted by Crippen LogP contribution is -2.02. The van der Waals surface area contributed by atoms with Crippen molar-refractivity contribution >= 4 is 11.0 Å². The molecule has 0 saturated carbocycles. The van der Waals surface area contributed by atoms with Crippen molar-refractivity contribution in [2.45, 2.75) is 65.8 Å². The maximum absolute atomic E-state index is 6.24. The highest BCUT2D eigenvalue weighted by Gasteiger charge is 2.19. The van der Waals surface area contributed by atoms with Gasteiger partial charge in [0.1, 0.15) is 22.8 Å². The van der Waals surface area contributed by atoms with Crippen LogP contribution < -0.4 is 23.7 Å². The zero-order valence-corrected chi connectivity index (χ0v) is 24.5. The zero-order chi connectivity index (χ0) is 28.3. The number of unbranched alkanes of at least 4 members (excludes halogenated alkanes) is 3. The van der Waals surface area contributed by atoms with Crippen molar-refractivity contribution in [2.24, 2.45) is 0 Å². The summed E-state index contributed by atoms with van der Waals surface area (Å²) in [6.07, 6.45) is 6.29. The SMILES string of the molecule is CCCCOc1cc(OCCCC)c2nc(-c3ccc(Oc4cccc(OC)c4OC)cc3)n(CCCC)c2c1. The first-order valence-electron chi connectivity index (χ1n) is 14.4. The topological polar surface area (TPSA) is 64.0 Å². The van der Waals surface area contributed by atoms with Gasteiger partial charge in [-0.25, -0.2) is 4.98 Å². The predicted molar refractivity (Wildman–Crippen MR) is 161 cm³/mol. The molecule has 1 aromatic heterocycles. The number of hydrogen-bond donors (Lipinski definition) is 0. The Morgan fingerprint density at radius 3 is 2.08 bits per heavy atom. The van der Waals surface area contributed by atoms with Crippen LogP contribution in [0.2, 0.25) is 0 Å². The quantitative estimate of drug-likeness (QED) is 0.131. The van der Waals surface area contributed by atoms with Crippen molar-refractivity contribution in [1.82, 2.24) is 9.55 Å². The summed E-state index contributed by atoms with van der Waals surface area (Å²) in [5.74, 6) is 4.97. The molecule has 1 heterocycles. The number of imidazole rings is 1. The lowest BCUT2D eigenvalue weighted by molar-refractivity contribution is 0.296. The number of benzene rings is 3. The summed E-state index contributed by atoms with van der Waals surface area (Å²) in [6, 6.07) is 17.7. The molecule has 214 valence electrons. The highest BCUT2D eigenvalue weighted by Crippen LogP contribution is 2.40. The molecule has 0 aliphatic heterocycles. The van der Waals surface area contributed by atoms with Crippen LogP contribution in [0.5, 0.6) is 34.5 Å². The van der Waals surface area contributed by atoms with Gasteiger partial charge in [0.2, 0.25) is 5.75 Å². The summed E-state index contributed by atoms with van der Waals surface area (Å²) in [4.78, 5) is 5.12. The van der Waals surface area contributed by atoms with Crippen LogP contribution in [0.25, 0.3) is 22.4 Å². The van der Waals surface area contributed by atoms with Gasteiger partial charge in [-0.2, -0.15) is 0 Å². The van der Waals surface area contributed by atoms with Gasteiger partial charge in [0.05, 0.1) is 33.0 Å². The smallest absolute Gasteiger partial charge is 0.203 e. The molecule has 0 aliphatic carbocycles. The van der Waals surface area contributed by atoms with E-state index in [4.69, 9.17) is 28.7 Å². The molecule has 40 heavy (non-hydrogen) atoms. The van der Waals surface area contributed by atoms with E-state index < -0.39 is 0 Å². The van der Waals surface area contributed by atoms with Gasteiger partial charge in [-0.1, -0.05) is 46.1 Å². The molecule has 7 heteroatoms. The van der Waals surface area contributed by atoms with E-state index in [-0.39, 0.29) is 0 Å². The molecule has 3 aromatic carbocycles. The van der Waals surface area contributed by atoms with Crippen LogP contribution in [0.15, 0.2) is 54.6 Å². The van der Waals surface area contributed by atoms with Gasteiger partial charge in [0, 0.05) is 24.2 Å². The molecule has 0 fully saturated rings. The number of nitrogens with zero attached hydrogens (tertiary/aromatic N) is 2. The number of para-hydroxylation sites is 1. The van der Waals surface area contributed by atoms with E-state index in [9.17, 15) is 0 Å². The highest BCUT2D eigenvalue weighted by atomic mass is 16.5. The van der Waals surface area contributed by atoms with Crippen LogP contribution in [0.3, 0.4) is 0 Å². The van der Waals surface area contributed by atoms with Crippen molar-refractivity contribution in [3.63, 3.8) is 0 Å². The van der Waals surface area contributed by atoms with Gasteiger partial charge in [-0.3, -0.25) is 0 Å². The van der Waals surface area contributed by atoms with Crippen LogP contribution in [0.1, 0.15) is 59.3 Å². The third-order valence-corrected chi connectivity index (χ3v) is 6.76. The summed E-state index contributed by atoms with van der Waals surface area (Å²) in [5.41, 5.74) is 2.90. The number of aryl methyl sites for hydroxylation is 1. The Balaban J connectivity index is 1.71. The van der Waals surface area contributed by atoms with Crippen LogP contribution in [-0.2, 0) is 6.54 Å². The van der Waals surface area contributed by atoms with Crippen molar-refractivity contribution in [3.05, 3.63) is 54.6 Å². The van der Waals surface area contributed by atoms with Crippen molar-refractivity contribution in [1.29, 1.82) is 0 Å². The molecule has 0 aliphatic rings. The van der Waals surface area contributed by atoms with Gasteiger partial charge >= 0.3 is 0 Å². The molecule has 4 rings (SSSR count).